The number of hydrogen-bond acceptors (Lipinski definition) is 5. The molecule has 0 radical (unpaired) electrons. The first-order chi connectivity index (χ1) is 13.1. The molecular weight excluding hydrogens is 375 g/mol. The number of rotatable bonds is 8. The van der Waals surface area contributed by atoms with Gasteiger partial charge in [-0.25, -0.2) is 0 Å². The summed E-state index contributed by atoms with van der Waals surface area (Å²) in [6.07, 6.45) is -4.71. The third-order valence-electron chi connectivity index (χ3n) is 4.76. The van der Waals surface area contributed by atoms with Crippen LogP contribution in [-0.4, -0.2) is 91.5 Å². The molecule has 1 atom stereocenters. The molecule has 1 aromatic rings. The fourth-order valence-electron chi connectivity index (χ4n) is 3.10. The van der Waals surface area contributed by atoms with Crippen LogP contribution in [0.15, 0.2) is 24.3 Å². The van der Waals surface area contributed by atoms with Crippen LogP contribution < -0.4 is 4.74 Å². The molecule has 0 aliphatic carbocycles. The Morgan fingerprint density at radius 3 is 2.39 bits per heavy atom. The Bertz CT molecular complexity index is 617. The minimum atomic E-state index is -4.72. The average Bonchev–Trinajstić information content (AvgIpc) is 2.61. The lowest BCUT2D eigenvalue weighted by Crippen LogP contribution is -2.49. The lowest BCUT2D eigenvalue weighted by molar-refractivity contribution is -0.274. The zero-order chi connectivity index (χ0) is 20.7. The number of hydrogen-bond donors (Lipinski definition) is 1. The van der Waals surface area contributed by atoms with Crippen molar-refractivity contribution in [3.63, 3.8) is 0 Å². The molecule has 1 saturated heterocycles. The summed E-state index contributed by atoms with van der Waals surface area (Å²) < 4.78 is 40.3. The summed E-state index contributed by atoms with van der Waals surface area (Å²) in [7, 11) is 3.72. The van der Waals surface area contributed by atoms with E-state index in [1.165, 1.54) is 29.2 Å². The fraction of sp³-hybridized carbons (Fsp3) is 0.632. The maximum atomic E-state index is 12.3. The molecule has 1 aliphatic heterocycles. The highest BCUT2D eigenvalue weighted by Gasteiger charge is 2.31. The number of halogens is 3. The van der Waals surface area contributed by atoms with Crippen molar-refractivity contribution in [3.05, 3.63) is 29.8 Å². The highest BCUT2D eigenvalue weighted by molar-refractivity contribution is 5.76. The lowest BCUT2D eigenvalue weighted by atomic mass is 10.1. The number of likely N-dealkylation sites (N-methyl/N-ethyl adjacent to an activating group) is 2. The summed E-state index contributed by atoms with van der Waals surface area (Å²) in [5, 5.41) is 10.2. The summed E-state index contributed by atoms with van der Waals surface area (Å²) in [6, 6.07) is 5.49. The van der Waals surface area contributed by atoms with E-state index in [1.807, 2.05) is 0 Å². The van der Waals surface area contributed by atoms with E-state index < -0.39 is 12.5 Å². The van der Waals surface area contributed by atoms with Gasteiger partial charge in [-0.3, -0.25) is 9.69 Å². The molecular formula is C19H28F3N3O3. The number of nitrogens with zero attached hydrogens (tertiary/aromatic N) is 3. The molecule has 1 fully saturated rings. The second-order valence-corrected chi connectivity index (χ2v) is 7.22. The van der Waals surface area contributed by atoms with Crippen LogP contribution in [-0.2, 0) is 11.2 Å². The second kappa shape index (κ2) is 10.1. The van der Waals surface area contributed by atoms with E-state index in [1.54, 1.807) is 7.05 Å². The third-order valence-corrected chi connectivity index (χ3v) is 4.76. The number of alkyl halides is 3. The molecule has 2 rings (SSSR count). The van der Waals surface area contributed by atoms with Gasteiger partial charge in [0.15, 0.2) is 0 Å². The van der Waals surface area contributed by atoms with Crippen LogP contribution in [0.5, 0.6) is 5.75 Å². The Morgan fingerprint density at radius 1 is 1.21 bits per heavy atom. The fourth-order valence-corrected chi connectivity index (χ4v) is 3.10. The zero-order valence-electron chi connectivity index (χ0n) is 16.3. The van der Waals surface area contributed by atoms with E-state index in [9.17, 15) is 23.1 Å². The van der Waals surface area contributed by atoms with Gasteiger partial charge in [0.1, 0.15) is 5.75 Å². The van der Waals surface area contributed by atoms with Gasteiger partial charge >= 0.3 is 6.36 Å². The lowest BCUT2D eigenvalue weighted by Gasteiger charge is -2.34. The molecule has 1 unspecified atom stereocenters. The molecule has 28 heavy (non-hydrogen) atoms. The Morgan fingerprint density at radius 2 is 1.82 bits per heavy atom. The van der Waals surface area contributed by atoms with Crippen molar-refractivity contribution in [1.29, 1.82) is 0 Å². The second-order valence-electron chi connectivity index (χ2n) is 7.22. The topological polar surface area (TPSA) is 56.2 Å². The molecule has 0 bridgehead atoms. The van der Waals surface area contributed by atoms with Crippen LogP contribution in [0.25, 0.3) is 0 Å². The highest BCUT2D eigenvalue weighted by Crippen LogP contribution is 2.23. The number of piperazine rings is 1. The number of carbonyl (C=O) groups is 1. The minimum Gasteiger partial charge on any atom is -0.406 e. The van der Waals surface area contributed by atoms with Crippen molar-refractivity contribution in [2.75, 3.05) is 53.4 Å². The number of benzene rings is 1. The van der Waals surface area contributed by atoms with Crippen LogP contribution in [0.2, 0.25) is 0 Å². The molecule has 1 aliphatic rings. The molecule has 0 saturated carbocycles. The highest BCUT2D eigenvalue weighted by atomic mass is 19.4. The Balaban J connectivity index is 1.71. The van der Waals surface area contributed by atoms with Gasteiger partial charge in [-0.05, 0) is 31.2 Å². The van der Waals surface area contributed by atoms with Crippen molar-refractivity contribution in [1.82, 2.24) is 14.7 Å². The van der Waals surface area contributed by atoms with Gasteiger partial charge in [0.25, 0.3) is 0 Å². The average molecular weight is 403 g/mol. The van der Waals surface area contributed by atoms with Crippen molar-refractivity contribution >= 4 is 5.91 Å². The van der Waals surface area contributed by atoms with E-state index in [-0.39, 0.29) is 24.6 Å². The summed E-state index contributed by atoms with van der Waals surface area (Å²) in [6.45, 7) is 4.52. The van der Waals surface area contributed by atoms with Crippen molar-refractivity contribution in [3.8, 4) is 5.75 Å². The number of β-amino-alcohol motifs (C(OH)–C–C–N with tert-alkyl or cyclic N) is 1. The van der Waals surface area contributed by atoms with Gasteiger partial charge in [-0.1, -0.05) is 12.1 Å². The third kappa shape index (κ3) is 8.04. The van der Waals surface area contributed by atoms with E-state index in [2.05, 4.69) is 21.6 Å². The van der Waals surface area contributed by atoms with Crippen molar-refractivity contribution in [2.24, 2.45) is 0 Å². The van der Waals surface area contributed by atoms with Gasteiger partial charge in [0.2, 0.25) is 5.91 Å². The normalized spacial score (nSPS) is 17.4. The molecule has 0 aromatic heterocycles. The summed E-state index contributed by atoms with van der Waals surface area (Å²) >= 11 is 0. The molecule has 0 spiro atoms. The van der Waals surface area contributed by atoms with Crippen LogP contribution >= 0.6 is 0 Å². The number of aliphatic hydroxyl groups excluding tert-OH is 1. The van der Waals surface area contributed by atoms with E-state index in [0.717, 1.165) is 31.7 Å². The van der Waals surface area contributed by atoms with Gasteiger partial charge in [-0.15, -0.1) is 13.2 Å². The van der Waals surface area contributed by atoms with Crippen LogP contribution in [0.3, 0.4) is 0 Å². The molecule has 1 heterocycles. The van der Waals surface area contributed by atoms with Gasteiger partial charge in [-0.2, -0.15) is 0 Å². The zero-order valence-corrected chi connectivity index (χ0v) is 16.3. The number of aryl methyl sites for hydroxylation is 1. The van der Waals surface area contributed by atoms with Gasteiger partial charge in [0.05, 0.1) is 6.10 Å². The molecule has 1 aromatic carbocycles. The molecule has 1 amide bonds. The summed E-state index contributed by atoms with van der Waals surface area (Å²) in [5.41, 5.74) is 0.745. The number of ether oxygens (including phenoxy) is 1. The quantitative estimate of drug-likeness (QED) is 0.715. The molecule has 1 N–H and O–H groups in total. The maximum absolute atomic E-state index is 12.3. The van der Waals surface area contributed by atoms with Crippen molar-refractivity contribution < 1.29 is 27.8 Å². The number of amides is 1. The first kappa shape index (κ1) is 22.4. The number of aliphatic hydroxyl groups is 1. The van der Waals surface area contributed by atoms with Gasteiger partial charge < -0.3 is 19.6 Å². The smallest absolute Gasteiger partial charge is 0.406 e. The monoisotopic (exact) mass is 403 g/mol. The van der Waals surface area contributed by atoms with Crippen LogP contribution in [0, 0.1) is 0 Å². The standard InChI is InChI=1S/C19H28F3N3O3/c1-23-9-11-25(12-10-23)14-16(26)13-24(2)18(27)8-5-15-3-6-17(7-4-15)28-19(20,21)22/h3-4,6-7,16,26H,5,8-14H2,1-2H3. The van der Waals surface area contributed by atoms with Crippen LogP contribution in [0.4, 0.5) is 13.2 Å². The molecule has 6 nitrogen and oxygen atoms in total. The first-order valence-corrected chi connectivity index (χ1v) is 9.30. The van der Waals surface area contributed by atoms with Crippen LogP contribution in [0.1, 0.15) is 12.0 Å². The van der Waals surface area contributed by atoms with E-state index in [0.29, 0.717) is 13.0 Å². The first-order valence-electron chi connectivity index (χ1n) is 9.30. The predicted molar refractivity (Wildman–Crippen MR) is 99.0 cm³/mol. The summed E-state index contributed by atoms with van der Waals surface area (Å²) in [4.78, 5) is 18.2. The minimum absolute atomic E-state index is 0.118. The molecule has 158 valence electrons. The molecule has 9 heteroatoms. The number of carbonyl (C=O) groups excluding carboxylic acids is 1. The Hall–Kier alpha value is -1.84. The van der Waals surface area contributed by atoms with Gasteiger partial charge in [0, 0.05) is 52.7 Å². The van der Waals surface area contributed by atoms with Crippen molar-refractivity contribution in [2.45, 2.75) is 25.3 Å². The largest absolute Gasteiger partial charge is 0.573 e. The Kier molecular flexibility index (Phi) is 8.09. The predicted octanol–water partition coefficient (Wildman–Crippen LogP) is 1.58. The summed E-state index contributed by atoms with van der Waals surface area (Å²) in [5.74, 6) is -0.403. The van der Waals surface area contributed by atoms with E-state index >= 15 is 0 Å². The SMILES string of the molecule is CN1CCN(CC(O)CN(C)C(=O)CCc2ccc(OC(F)(F)F)cc2)CC1. The Labute approximate surface area is 163 Å². The van der Waals surface area contributed by atoms with E-state index in [4.69, 9.17) is 0 Å². The maximum Gasteiger partial charge on any atom is 0.573 e.